The number of ether oxygens (including phenoxy) is 3. The van der Waals surface area contributed by atoms with Gasteiger partial charge in [-0.2, -0.15) is 4.31 Å². The predicted molar refractivity (Wildman–Crippen MR) is 89.8 cm³/mol. The first-order valence-corrected chi connectivity index (χ1v) is 10.1. The van der Waals surface area contributed by atoms with Crippen LogP contribution in [0.3, 0.4) is 0 Å². The molecule has 0 saturated carbocycles. The summed E-state index contributed by atoms with van der Waals surface area (Å²) >= 11 is 0. The number of sulfonamides is 1. The summed E-state index contributed by atoms with van der Waals surface area (Å²) in [5, 5.41) is 9.73. The molecule has 0 spiro atoms. The molecule has 4 rings (SSSR count). The lowest BCUT2D eigenvalue weighted by Gasteiger charge is -2.34. The zero-order valence-electron chi connectivity index (χ0n) is 14.2. The van der Waals surface area contributed by atoms with Crippen molar-refractivity contribution in [1.29, 1.82) is 0 Å². The second-order valence-corrected chi connectivity index (χ2v) is 8.88. The van der Waals surface area contributed by atoms with E-state index in [2.05, 4.69) is 0 Å². The zero-order chi connectivity index (χ0) is 18.4. The number of fused-ring (bicyclic) bond motifs is 2. The molecule has 0 aromatic heterocycles. The van der Waals surface area contributed by atoms with Gasteiger partial charge in [0.25, 0.3) is 0 Å². The van der Waals surface area contributed by atoms with Crippen LogP contribution in [-0.4, -0.2) is 63.3 Å². The number of hydrogen-bond donors (Lipinski definition) is 1. The third-order valence-electron chi connectivity index (χ3n) is 5.46. The minimum absolute atomic E-state index is 0.0346. The molecule has 9 heteroatoms. The second-order valence-electron chi connectivity index (χ2n) is 6.94. The van der Waals surface area contributed by atoms with Gasteiger partial charge in [-0.1, -0.05) is 0 Å². The quantitative estimate of drug-likeness (QED) is 0.829. The average molecular weight is 383 g/mol. The summed E-state index contributed by atoms with van der Waals surface area (Å²) in [4.78, 5) is 12.0. The molecule has 0 aliphatic carbocycles. The molecule has 2 atom stereocenters. The number of rotatable bonds is 3. The van der Waals surface area contributed by atoms with Crippen LogP contribution in [0.25, 0.3) is 0 Å². The van der Waals surface area contributed by atoms with Gasteiger partial charge in [-0.3, -0.25) is 4.79 Å². The fourth-order valence-corrected chi connectivity index (χ4v) is 5.46. The number of aliphatic carboxylic acids is 1. The van der Waals surface area contributed by atoms with Gasteiger partial charge in [0.2, 0.25) is 10.0 Å². The minimum Gasteiger partial charge on any atom is -0.490 e. The summed E-state index contributed by atoms with van der Waals surface area (Å²) in [5.74, 6) is -0.380. The van der Waals surface area contributed by atoms with Crippen LogP contribution in [-0.2, 0) is 19.6 Å². The van der Waals surface area contributed by atoms with Crippen molar-refractivity contribution in [2.24, 2.45) is 11.3 Å². The van der Waals surface area contributed by atoms with E-state index in [1.165, 1.54) is 16.4 Å². The molecule has 142 valence electrons. The Morgan fingerprint density at radius 3 is 2.69 bits per heavy atom. The SMILES string of the molecule is O=C(O)[C@]12CCOC[C@H]1CN(S(=O)(=O)c1ccc3c(c1)OCCCO3)C2. The van der Waals surface area contributed by atoms with Gasteiger partial charge < -0.3 is 19.3 Å². The third kappa shape index (κ3) is 2.74. The Bertz CT molecular complexity index is 824. The highest BCUT2D eigenvalue weighted by Gasteiger charge is 2.56. The van der Waals surface area contributed by atoms with Crippen LogP contribution in [0, 0.1) is 11.3 Å². The molecular formula is C17H21NO7S. The molecule has 8 nitrogen and oxygen atoms in total. The Morgan fingerprint density at radius 1 is 1.19 bits per heavy atom. The lowest BCUT2D eigenvalue weighted by molar-refractivity contribution is -0.157. The van der Waals surface area contributed by atoms with Gasteiger partial charge >= 0.3 is 5.97 Å². The first-order valence-electron chi connectivity index (χ1n) is 8.64. The highest BCUT2D eigenvalue weighted by molar-refractivity contribution is 7.89. The van der Waals surface area contributed by atoms with Crippen molar-refractivity contribution in [3.05, 3.63) is 18.2 Å². The summed E-state index contributed by atoms with van der Waals surface area (Å²) < 4.78 is 44.0. The maximum atomic E-state index is 13.1. The molecule has 0 amide bonds. The second kappa shape index (κ2) is 6.40. The summed E-state index contributed by atoms with van der Waals surface area (Å²) in [6.07, 6.45) is 1.05. The molecule has 2 fully saturated rings. The Kier molecular flexibility index (Phi) is 4.32. The topological polar surface area (TPSA) is 102 Å². The summed E-state index contributed by atoms with van der Waals surface area (Å²) in [6, 6.07) is 4.53. The van der Waals surface area contributed by atoms with Gasteiger partial charge in [-0.15, -0.1) is 0 Å². The van der Waals surface area contributed by atoms with Gasteiger partial charge in [0.15, 0.2) is 11.5 Å². The Balaban J connectivity index is 1.65. The Labute approximate surface area is 151 Å². The molecule has 0 radical (unpaired) electrons. The Hall–Kier alpha value is -1.84. The van der Waals surface area contributed by atoms with Crippen molar-refractivity contribution >= 4 is 16.0 Å². The minimum atomic E-state index is -3.84. The maximum Gasteiger partial charge on any atom is 0.311 e. The van der Waals surface area contributed by atoms with Gasteiger partial charge in [-0.05, 0) is 18.6 Å². The van der Waals surface area contributed by atoms with Gasteiger partial charge in [0.05, 0.1) is 30.1 Å². The van der Waals surface area contributed by atoms with Gasteiger partial charge in [0.1, 0.15) is 0 Å². The van der Waals surface area contributed by atoms with Gasteiger partial charge in [-0.25, -0.2) is 8.42 Å². The number of benzene rings is 1. The lowest BCUT2D eigenvalue weighted by atomic mass is 9.74. The average Bonchev–Trinajstić information content (AvgIpc) is 2.89. The molecule has 3 aliphatic rings. The van der Waals surface area contributed by atoms with E-state index in [9.17, 15) is 18.3 Å². The van der Waals surface area contributed by atoms with Crippen molar-refractivity contribution in [2.75, 3.05) is 39.5 Å². The van der Waals surface area contributed by atoms with Crippen molar-refractivity contribution < 1.29 is 32.5 Å². The van der Waals surface area contributed by atoms with Crippen molar-refractivity contribution in [1.82, 2.24) is 4.31 Å². The molecule has 26 heavy (non-hydrogen) atoms. The highest BCUT2D eigenvalue weighted by atomic mass is 32.2. The van der Waals surface area contributed by atoms with E-state index < -0.39 is 21.4 Å². The van der Waals surface area contributed by atoms with Crippen LogP contribution < -0.4 is 9.47 Å². The number of carboxylic acids is 1. The van der Waals surface area contributed by atoms with Crippen molar-refractivity contribution in [3.63, 3.8) is 0 Å². The number of carbonyl (C=O) groups is 1. The van der Waals surface area contributed by atoms with E-state index in [0.29, 0.717) is 37.7 Å². The fraction of sp³-hybridized carbons (Fsp3) is 0.588. The smallest absolute Gasteiger partial charge is 0.311 e. The molecule has 0 unspecified atom stereocenters. The normalized spacial score (nSPS) is 29.0. The van der Waals surface area contributed by atoms with Crippen LogP contribution in [0.5, 0.6) is 11.5 Å². The molecule has 1 N–H and O–H groups in total. The van der Waals surface area contributed by atoms with E-state index in [-0.39, 0.29) is 30.5 Å². The monoisotopic (exact) mass is 383 g/mol. The third-order valence-corrected chi connectivity index (χ3v) is 7.27. The number of carboxylic acid groups (broad SMARTS) is 1. The molecule has 2 saturated heterocycles. The summed E-state index contributed by atoms with van der Waals surface area (Å²) in [7, 11) is -3.84. The fourth-order valence-electron chi connectivity index (χ4n) is 3.89. The molecule has 3 aliphatic heterocycles. The number of hydrogen-bond acceptors (Lipinski definition) is 6. The van der Waals surface area contributed by atoms with Gasteiger partial charge in [0, 0.05) is 38.1 Å². The molecule has 0 bridgehead atoms. The van der Waals surface area contributed by atoms with E-state index in [0.717, 1.165) is 6.42 Å². The van der Waals surface area contributed by atoms with Crippen LogP contribution in [0.1, 0.15) is 12.8 Å². The van der Waals surface area contributed by atoms with Crippen molar-refractivity contribution in [2.45, 2.75) is 17.7 Å². The number of nitrogens with zero attached hydrogens (tertiary/aromatic N) is 1. The van der Waals surface area contributed by atoms with E-state index in [1.54, 1.807) is 6.07 Å². The molecular weight excluding hydrogens is 362 g/mol. The van der Waals surface area contributed by atoms with E-state index in [1.807, 2.05) is 0 Å². The summed E-state index contributed by atoms with van der Waals surface area (Å²) in [6.45, 7) is 1.69. The molecule has 3 heterocycles. The predicted octanol–water partition coefficient (Wildman–Crippen LogP) is 0.960. The Morgan fingerprint density at radius 2 is 1.96 bits per heavy atom. The van der Waals surface area contributed by atoms with E-state index in [4.69, 9.17) is 14.2 Å². The summed E-state index contributed by atoms with van der Waals surface area (Å²) in [5.41, 5.74) is -1.07. The van der Waals surface area contributed by atoms with Crippen LogP contribution in [0.4, 0.5) is 0 Å². The standard InChI is InChI=1S/C17H21NO7S/c19-16(20)17-4-7-23-10-12(17)9-18(11-17)26(21,22)13-2-3-14-15(8-13)25-6-1-5-24-14/h2-3,8,12H,1,4-7,9-11H2,(H,19,20)/t12-,17+/m1/s1. The van der Waals surface area contributed by atoms with E-state index >= 15 is 0 Å². The van der Waals surface area contributed by atoms with Crippen LogP contribution in [0.2, 0.25) is 0 Å². The van der Waals surface area contributed by atoms with Crippen LogP contribution in [0.15, 0.2) is 23.1 Å². The molecule has 1 aromatic carbocycles. The first kappa shape index (κ1) is 17.6. The zero-order valence-corrected chi connectivity index (χ0v) is 15.0. The largest absolute Gasteiger partial charge is 0.490 e. The van der Waals surface area contributed by atoms with Crippen LogP contribution >= 0.6 is 0 Å². The highest BCUT2D eigenvalue weighted by Crippen LogP contribution is 2.44. The van der Waals surface area contributed by atoms with Crippen molar-refractivity contribution in [3.8, 4) is 11.5 Å². The lowest BCUT2D eigenvalue weighted by Crippen LogP contribution is -2.45. The maximum absolute atomic E-state index is 13.1. The molecule has 1 aromatic rings. The first-order chi connectivity index (χ1) is 12.4.